The van der Waals surface area contributed by atoms with Gasteiger partial charge in [-0.3, -0.25) is 9.59 Å². The molecule has 4 heteroatoms. The van der Waals surface area contributed by atoms with E-state index in [2.05, 4.69) is 31.2 Å². The zero-order chi connectivity index (χ0) is 20.6. The van der Waals surface area contributed by atoms with Crippen molar-refractivity contribution in [3.05, 3.63) is 35.6 Å². The van der Waals surface area contributed by atoms with E-state index in [0.717, 1.165) is 44.9 Å². The summed E-state index contributed by atoms with van der Waals surface area (Å²) in [5, 5.41) is 19.4. The maximum Gasteiger partial charge on any atom is 0.170 e. The highest BCUT2D eigenvalue weighted by Crippen LogP contribution is 2.23. The number of hydrogen-bond acceptors (Lipinski definition) is 4. The lowest BCUT2D eigenvalue weighted by Gasteiger charge is -2.18. The fourth-order valence-corrected chi connectivity index (χ4v) is 3.36. The molecule has 0 saturated carbocycles. The van der Waals surface area contributed by atoms with Crippen LogP contribution < -0.4 is 0 Å². The van der Waals surface area contributed by atoms with Gasteiger partial charge < -0.3 is 10.2 Å². The summed E-state index contributed by atoms with van der Waals surface area (Å²) in [6, 6.07) is 0. The first-order valence-corrected chi connectivity index (χ1v) is 11.1. The number of aliphatic hydroxyl groups is 2. The topological polar surface area (TPSA) is 74.6 Å². The van der Waals surface area contributed by atoms with Gasteiger partial charge in [-0.2, -0.15) is 0 Å². The summed E-state index contributed by atoms with van der Waals surface area (Å²) in [6.07, 6.45) is 20.7. The van der Waals surface area contributed by atoms with E-state index < -0.39 is 11.9 Å². The standard InChI is InChI=1S/C24H38O4/c1-2-3-4-5-6-7-8-9-10-11-12-13-14-15-16-17-20(25)23-21(26)18-19-22(27)24(23)28/h6-7,9-10,22,27-28H,2-5,8,11-19H2,1H3/b7-6-,10-9-. The molecule has 0 heterocycles. The molecule has 0 aliphatic heterocycles. The maximum absolute atomic E-state index is 12.1. The Morgan fingerprint density at radius 2 is 1.57 bits per heavy atom. The summed E-state index contributed by atoms with van der Waals surface area (Å²) in [6.45, 7) is 2.22. The Hall–Kier alpha value is -1.68. The molecule has 1 aliphatic rings. The zero-order valence-corrected chi connectivity index (χ0v) is 17.5. The van der Waals surface area contributed by atoms with E-state index in [1.165, 1.54) is 25.7 Å². The second-order valence-electron chi connectivity index (χ2n) is 7.64. The van der Waals surface area contributed by atoms with Crippen LogP contribution in [0.4, 0.5) is 0 Å². The Balaban J connectivity index is 2.03. The van der Waals surface area contributed by atoms with Gasteiger partial charge >= 0.3 is 0 Å². The number of rotatable bonds is 15. The van der Waals surface area contributed by atoms with Gasteiger partial charge in [0.15, 0.2) is 11.6 Å². The lowest BCUT2D eigenvalue weighted by molar-refractivity contribution is -0.123. The van der Waals surface area contributed by atoms with E-state index in [1.54, 1.807) is 0 Å². The number of ketones is 2. The lowest BCUT2D eigenvalue weighted by atomic mass is 9.89. The summed E-state index contributed by atoms with van der Waals surface area (Å²) in [5.74, 6) is -1.09. The minimum absolute atomic E-state index is 0.133. The van der Waals surface area contributed by atoms with Crippen LogP contribution in [0.2, 0.25) is 0 Å². The van der Waals surface area contributed by atoms with Gasteiger partial charge in [0.25, 0.3) is 0 Å². The first-order valence-electron chi connectivity index (χ1n) is 11.1. The minimum Gasteiger partial charge on any atom is -0.509 e. The van der Waals surface area contributed by atoms with Crippen molar-refractivity contribution in [2.75, 3.05) is 0 Å². The SMILES string of the molecule is CCCCC/C=C\C/C=C\CCCCCCCC(=O)C1=C(O)C(O)CCC1=O. The summed E-state index contributed by atoms with van der Waals surface area (Å²) in [7, 11) is 0. The smallest absolute Gasteiger partial charge is 0.170 e. The molecule has 158 valence electrons. The molecule has 0 saturated heterocycles. The number of carbonyl (C=O) groups excluding carboxylic acids is 2. The second kappa shape index (κ2) is 15.3. The maximum atomic E-state index is 12.1. The molecule has 0 aromatic heterocycles. The third kappa shape index (κ3) is 10.0. The number of unbranched alkanes of at least 4 members (excludes halogenated alkanes) is 8. The van der Waals surface area contributed by atoms with Gasteiger partial charge in [-0.15, -0.1) is 0 Å². The molecule has 0 spiro atoms. The highest BCUT2D eigenvalue weighted by atomic mass is 16.3. The molecule has 28 heavy (non-hydrogen) atoms. The quantitative estimate of drug-likeness (QED) is 0.207. The van der Waals surface area contributed by atoms with Crippen molar-refractivity contribution in [1.82, 2.24) is 0 Å². The average molecular weight is 391 g/mol. The molecule has 0 aromatic carbocycles. The van der Waals surface area contributed by atoms with E-state index in [1.807, 2.05) is 0 Å². The Bertz CT molecular complexity index is 557. The van der Waals surface area contributed by atoms with E-state index in [0.29, 0.717) is 0 Å². The van der Waals surface area contributed by atoms with Crippen molar-refractivity contribution >= 4 is 11.6 Å². The van der Waals surface area contributed by atoms with E-state index in [4.69, 9.17) is 0 Å². The van der Waals surface area contributed by atoms with Crippen LogP contribution in [0.5, 0.6) is 0 Å². The molecular weight excluding hydrogens is 352 g/mol. The van der Waals surface area contributed by atoms with Gasteiger partial charge in [-0.25, -0.2) is 0 Å². The zero-order valence-electron chi connectivity index (χ0n) is 17.5. The second-order valence-corrected chi connectivity index (χ2v) is 7.64. The molecule has 1 rings (SSSR count). The molecule has 4 nitrogen and oxygen atoms in total. The summed E-state index contributed by atoms with van der Waals surface area (Å²) in [5.41, 5.74) is -0.164. The Morgan fingerprint density at radius 3 is 2.25 bits per heavy atom. The van der Waals surface area contributed by atoms with Crippen molar-refractivity contribution in [1.29, 1.82) is 0 Å². The van der Waals surface area contributed by atoms with Gasteiger partial charge in [0.2, 0.25) is 0 Å². The van der Waals surface area contributed by atoms with Crippen LogP contribution >= 0.6 is 0 Å². The van der Waals surface area contributed by atoms with Crippen LogP contribution in [0, 0.1) is 0 Å². The number of Topliss-reactive ketones (excluding diaryl/α,β-unsaturated/α-hetero) is 2. The predicted octanol–water partition coefficient (Wildman–Crippen LogP) is 5.90. The van der Waals surface area contributed by atoms with E-state index >= 15 is 0 Å². The number of hydrogen-bond donors (Lipinski definition) is 2. The van der Waals surface area contributed by atoms with Gasteiger partial charge in [-0.1, -0.05) is 63.3 Å². The molecule has 1 aliphatic carbocycles. The van der Waals surface area contributed by atoms with Gasteiger partial charge in [0, 0.05) is 12.8 Å². The first-order chi connectivity index (χ1) is 13.6. The molecular formula is C24H38O4. The van der Waals surface area contributed by atoms with Crippen LogP contribution in [0.25, 0.3) is 0 Å². The van der Waals surface area contributed by atoms with Gasteiger partial charge in [0.1, 0.15) is 17.4 Å². The minimum atomic E-state index is -1.07. The summed E-state index contributed by atoms with van der Waals surface area (Å²) in [4.78, 5) is 23.9. The van der Waals surface area contributed by atoms with Crippen molar-refractivity contribution in [2.45, 2.75) is 103 Å². The fraction of sp³-hybridized carbons (Fsp3) is 0.667. The van der Waals surface area contributed by atoms with Gasteiger partial charge in [-0.05, 0) is 44.9 Å². The Labute approximate surface area is 170 Å². The third-order valence-corrected chi connectivity index (χ3v) is 5.13. The number of aliphatic hydroxyl groups excluding tert-OH is 2. The van der Waals surface area contributed by atoms with Crippen molar-refractivity contribution < 1.29 is 19.8 Å². The highest BCUT2D eigenvalue weighted by Gasteiger charge is 2.30. The van der Waals surface area contributed by atoms with Crippen LogP contribution in [-0.2, 0) is 9.59 Å². The fourth-order valence-electron chi connectivity index (χ4n) is 3.36. The molecule has 0 fully saturated rings. The Kier molecular flexibility index (Phi) is 13.3. The summed E-state index contributed by atoms with van der Waals surface area (Å²) < 4.78 is 0. The average Bonchev–Trinajstić information content (AvgIpc) is 2.68. The highest BCUT2D eigenvalue weighted by molar-refractivity contribution is 6.21. The molecule has 0 bridgehead atoms. The molecule has 2 N–H and O–H groups in total. The van der Waals surface area contributed by atoms with E-state index in [9.17, 15) is 19.8 Å². The predicted molar refractivity (Wildman–Crippen MR) is 114 cm³/mol. The van der Waals surface area contributed by atoms with Crippen molar-refractivity contribution in [3.8, 4) is 0 Å². The largest absolute Gasteiger partial charge is 0.509 e. The molecule has 0 radical (unpaired) electrons. The van der Waals surface area contributed by atoms with Gasteiger partial charge in [0.05, 0.1) is 0 Å². The first kappa shape index (κ1) is 24.4. The number of carbonyl (C=O) groups is 2. The number of allylic oxidation sites excluding steroid dienone is 5. The van der Waals surface area contributed by atoms with Crippen LogP contribution in [0.3, 0.4) is 0 Å². The van der Waals surface area contributed by atoms with Crippen molar-refractivity contribution in [3.63, 3.8) is 0 Å². The van der Waals surface area contributed by atoms with Crippen LogP contribution in [0.1, 0.15) is 96.8 Å². The molecule has 0 amide bonds. The third-order valence-electron chi connectivity index (χ3n) is 5.13. The van der Waals surface area contributed by atoms with Crippen molar-refractivity contribution in [2.24, 2.45) is 0 Å². The molecule has 1 unspecified atom stereocenters. The van der Waals surface area contributed by atoms with E-state index in [-0.39, 0.29) is 36.4 Å². The molecule has 0 aromatic rings. The lowest BCUT2D eigenvalue weighted by Crippen LogP contribution is -2.27. The normalized spacial score (nSPS) is 17.9. The summed E-state index contributed by atoms with van der Waals surface area (Å²) >= 11 is 0. The molecule has 1 atom stereocenters. The Morgan fingerprint density at radius 1 is 0.964 bits per heavy atom. The van der Waals surface area contributed by atoms with Crippen LogP contribution in [0.15, 0.2) is 35.6 Å². The monoisotopic (exact) mass is 390 g/mol. The van der Waals surface area contributed by atoms with Crippen LogP contribution in [-0.4, -0.2) is 27.9 Å².